The Morgan fingerprint density at radius 2 is 1.79 bits per heavy atom. The molecule has 3 rings (SSSR count). The van der Waals surface area contributed by atoms with E-state index in [4.69, 9.17) is 10.7 Å². The maximum atomic E-state index is 6.26. The van der Waals surface area contributed by atoms with Crippen LogP contribution in [0.4, 0.5) is 5.69 Å². The van der Waals surface area contributed by atoms with Crippen molar-refractivity contribution in [2.24, 2.45) is 0 Å². The number of benzene rings is 2. The number of anilines is 1. The number of aromatic nitrogens is 1. The Kier molecular flexibility index (Phi) is 2.99. The summed E-state index contributed by atoms with van der Waals surface area (Å²) in [6.45, 7) is 2.02. The Bertz CT molecular complexity index is 752. The maximum Gasteiger partial charge on any atom is 0.0759 e. The van der Waals surface area contributed by atoms with Crippen molar-refractivity contribution in [3.8, 4) is 11.3 Å². The van der Waals surface area contributed by atoms with E-state index in [9.17, 15) is 0 Å². The third kappa shape index (κ3) is 2.10. The van der Waals surface area contributed by atoms with E-state index in [-0.39, 0.29) is 0 Å². The summed E-state index contributed by atoms with van der Waals surface area (Å²) < 4.78 is 1.01. The van der Waals surface area contributed by atoms with Gasteiger partial charge in [0.25, 0.3) is 0 Å². The van der Waals surface area contributed by atoms with Crippen molar-refractivity contribution in [3.63, 3.8) is 0 Å². The van der Waals surface area contributed by atoms with Crippen LogP contribution in [0.2, 0.25) is 0 Å². The van der Waals surface area contributed by atoms with Crippen LogP contribution in [0.15, 0.2) is 53.0 Å². The summed E-state index contributed by atoms with van der Waals surface area (Å²) in [5, 5.41) is 0.992. The molecule has 0 aliphatic rings. The second-order valence-electron chi connectivity index (χ2n) is 4.53. The smallest absolute Gasteiger partial charge is 0.0759 e. The first-order valence-electron chi connectivity index (χ1n) is 6.07. The first-order chi connectivity index (χ1) is 9.16. The Morgan fingerprint density at radius 1 is 1.05 bits per heavy atom. The maximum absolute atomic E-state index is 6.26. The van der Waals surface area contributed by atoms with Gasteiger partial charge in [0.15, 0.2) is 0 Å². The molecule has 94 valence electrons. The normalized spacial score (nSPS) is 10.8. The number of hydrogen-bond donors (Lipinski definition) is 1. The number of rotatable bonds is 1. The van der Waals surface area contributed by atoms with Gasteiger partial charge < -0.3 is 5.73 Å². The number of nitrogens with two attached hydrogens (primary N) is 1. The predicted octanol–water partition coefficient (Wildman–Crippen LogP) is 4.55. The molecule has 19 heavy (non-hydrogen) atoms. The quantitative estimate of drug-likeness (QED) is 0.715. The van der Waals surface area contributed by atoms with Crippen molar-refractivity contribution in [3.05, 3.63) is 58.6 Å². The molecule has 3 heteroatoms. The summed E-state index contributed by atoms with van der Waals surface area (Å²) in [6.07, 6.45) is 0. The molecule has 0 spiro atoms. The van der Waals surface area contributed by atoms with Crippen molar-refractivity contribution in [1.82, 2.24) is 4.98 Å². The van der Waals surface area contributed by atoms with Gasteiger partial charge in [0.1, 0.15) is 0 Å². The highest BCUT2D eigenvalue weighted by Crippen LogP contribution is 2.32. The highest BCUT2D eigenvalue weighted by atomic mass is 79.9. The predicted molar refractivity (Wildman–Crippen MR) is 84.0 cm³/mol. The summed E-state index contributed by atoms with van der Waals surface area (Å²) in [7, 11) is 0. The van der Waals surface area contributed by atoms with Gasteiger partial charge in [-0.15, -0.1) is 0 Å². The largest absolute Gasteiger partial charge is 0.398 e. The molecule has 0 saturated carbocycles. The van der Waals surface area contributed by atoms with Crippen LogP contribution in [0, 0.1) is 6.92 Å². The van der Waals surface area contributed by atoms with Gasteiger partial charge in [-0.05, 0) is 30.7 Å². The highest BCUT2D eigenvalue weighted by Gasteiger charge is 2.11. The van der Waals surface area contributed by atoms with Crippen molar-refractivity contribution in [2.45, 2.75) is 6.92 Å². The van der Waals surface area contributed by atoms with Crippen LogP contribution in [0.1, 0.15) is 5.56 Å². The summed E-state index contributed by atoms with van der Waals surface area (Å²) >= 11 is 3.47. The number of nitrogen functional groups attached to an aromatic ring is 1. The van der Waals surface area contributed by atoms with Gasteiger partial charge in [0.05, 0.1) is 11.2 Å². The van der Waals surface area contributed by atoms with Gasteiger partial charge in [0, 0.05) is 21.1 Å². The van der Waals surface area contributed by atoms with Crippen LogP contribution in [-0.2, 0) is 0 Å². The van der Waals surface area contributed by atoms with E-state index in [2.05, 4.69) is 28.1 Å². The number of hydrogen-bond acceptors (Lipinski definition) is 2. The lowest BCUT2D eigenvalue weighted by Crippen LogP contribution is -1.98. The molecule has 0 fully saturated rings. The van der Waals surface area contributed by atoms with Crippen molar-refractivity contribution < 1.29 is 0 Å². The van der Waals surface area contributed by atoms with Crippen LogP contribution in [0.5, 0.6) is 0 Å². The molecule has 0 aliphatic carbocycles. The third-order valence-electron chi connectivity index (χ3n) is 3.29. The third-order valence-corrected chi connectivity index (χ3v) is 3.78. The van der Waals surface area contributed by atoms with E-state index in [1.807, 2.05) is 43.3 Å². The molecule has 0 atom stereocenters. The molecule has 0 aliphatic heterocycles. The highest BCUT2D eigenvalue weighted by molar-refractivity contribution is 9.10. The van der Waals surface area contributed by atoms with E-state index in [0.717, 1.165) is 37.9 Å². The monoisotopic (exact) mass is 312 g/mol. The number of pyridine rings is 1. The lowest BCUT2D eigenvalue weighted by Gasteiger charge is -2.11. The lowest BCUT2D eigenvalue weighted by molar-refractivity contribution is 1.33. The van der Waals surface area contributed by atoms with Crippen LogP contribution in [0.3, 0.4) is 0 Å². The average Bonchev–Trinajstić information content (AvgIpc) is 2.44. The van der Waals surface area contributed by atoms with Crippen molar-refractivity contribution >= 4 is 32.5 Å². The zero-order valence-corrected chi connectivity index (χ0v) is 12.1. The van der Waals surface area contributed by atoms with Gasteiger partial charge in [-0.25, -0.2) is 4.98 Å². The molecular weight excluding hydrogens is 300 g/mol. The minimum Gasteiger partial charge on any atom is -0.398 e. The zero-order chi connectivity index (χ0) is 13.4. The van der Waals surface area contributed by atoms with Gasteiger partial charge in [-0.1, -0.05) is 46.3 Å². The Balaban J connectivity index is 2.34. The zero-order valence-electron chi connectivity index (χ0n) is 10.5. The Hall–Kier alpha value is -1.87. The SMILES string of the molecule is Cc1c(-c2ccccc2)nc2ccc(Br)cc2c1N. The first kappa shape index (κ1) is 12.2. The Morgan fingerprint density at radius 3 is 2.53 bits per heavy atom. The lowest BCUT2D eigenvalue weighted by atomic mass is 10.0. The molecule has 2 nitrogen and oxygen atoms in total. The molecular formula is C16H13BrN2. The average molecular weight is 313 g/mol. The van der Waals surface area contributed by atoms with Crippen LogP contribution < -0.4 is 5.73 Å². The minimum atomic E-state index is 0.796. The fraction of sp³-hybridized carbons (Fsp3) is 0.0625. The second kappa shape index (κ2) is 4.67. The molecule has 0 bridgehead atoms. The summed E-state index contributed by atoms with van der Waals surface area (Å²) in [6, 6.07) is 16.1. The van der Waals surface area contributed by atoms with Gasteiger partial charge >= 0.3 is 0 Å². The fourth-order valence-electron chi connectivity index (χ4n) is 2.23. The van der Waals surface area contributed by atoms with Crippen molar-refractivity contribution in [1.29, 1.82) is 0 Å². The second-order valence-corrected chi connectivity index (χ2v) is 5.44. The molecule has 3 aromatic rings. The van der Waals surface area contributed by atoms with Gasteiger partial charge in [-0.3, -0.25) is 0 Å². The Labute approximate surface area is 120 Å². The van der Waals surface area contributed by atoms with E-state index in [0.29, 0.717) is 0 Å². The molecule has 0 unspecified atom stereocenters. The molecule has 0 radical (unpaired) electrons. The standard InChI is InChI=1S/C16H13BrN2/c1-10-15(18)13-9-12(17)7-8-14(13)19-16(10)11-5-3-2-4-6-11/h2-9H,1H3,(H2,18,19). The first-order valence-corrected chi connectivity index (χ1v) is 6.87. The number of halogens is 1. The topological polar surface area (TPSA) is 38.9 Å². The minimum absolute atomic E-state index is 0.796. The van der Waals surface area contributed by atoms with E-state index in [1.54, 1.807) is 0 Å². The summed E-state index contributed by atoms with van der Waals surface area (Å²) in [5.74, 6) is 0. The molecule has 1 heterocycles. The fourth-order valence-corrected chi connectivity index (χ4v) is 2.59. The number of nitrogens with zero attached hydrogens (tertiary/aromatic N) is 1. The van der Waals surface area contributed by atoms with Gasteiger partial charge in [-0.2, -0.15) is 0 Å². The van der Waals surface area contributed by atoms with Crippen LogP contribution in [-0.4, -0.2) is 4.98 Å². The molecule has 2 N–H and O–H groups in total. The molecule has 2 aromatic carbocycles. The summed E-state index contributed by atoms with van der Waals surface area (Å²) in [5.41, 5.74) is 11.1. The molecule has 1 aromatic heterocycles. The van der Waals surface area contributed by atoms with Crippen LogP contribution >= 0.6 is 15.9 Å². The number of fused-ring (bicyclic) bond motifs is 1. The van der Waals surface area contributed by atoms with E-state index < -0.39 is 0 Å². The van der Waals surface area contributed by atoms with E-state index >= 15 is 0 Å². The van der Waals surface area contributed by atoms with Crippen molar-refractivity contribution in [2.75, 3.05) is 5.73 Å². The van der Waals surface area contributed by atoms with E-state index in [1.165, 1.54) is 0 Å². The van der Waals surface area contributed by atoms with Gasteiger partial charge in [0.2, 0.25) is 0 Å². The molecule has 0 saturated heterocycles. The van der Waals surface area contributed by atoms with Crippen LogP contribution in [0.25, 0.3) is 22.2 Å². The molecule has 0 amide bonds. The summed E-state index contributed by atoms with van der Waals surface area (Å²) in [4.78, 5) is 4.75.